The molecule has 0 aromatic heterocycles. The third kappa shape index (κ3) is 11.6. The minimum atomic E-state index is -1.36. The van der Waals surface area contributed by atoms with Crippen LogP contribution in [0.25, 0.3) is 0 Å². The molecule has 0 saturated carbocycles. The van der Waals surface area contributed by atoms with Gasteiger partial charge in [0.2, 0.25) is 23.6 Å². The van der Waals surface area contributed by atoms with Crippen LogP contribution in [0, 0.1) is 5.92 Å². The number of unbranched alkanes of at least 4 members (excludes halogenated alkanes) is 1. The van der Waals surface area contributed by atoms with E-state index in [1.807, 2.05) is 0 Å². The molecule has 5 atom stereocenters. The topological polar surface area (TPSA) is 240 Å². The summed E-state index contributed by atoms with van der Waals surface area (Å²) >= 11 is 0. The molecule has 0 spiro atoms. The quantitative estimate of drug-likeness (QED) is 0.102. The molecule has 5 unspecified atom stereocenters. The molecule has 0 aromatic carbocycles. The average molecular weight is 475 g/mol. The molecule has 0 aliphatic heterocycles. The number of carbonyl (C=O) groups is 5. The maximum Gasteiger partial charge on any atom is 0.326 e. The van der Waals surface area contributed by atoms with Crippen LogP contribution >= 0.6 is 0 Å². The summed E-state index contributed by atoms with van der Waals surface area (Å²) in [6.45, 7) is 3.27. The fourth-order valence-corrected chi connectivity index (χ4v) is 2.88. The number of aliphatic hydroxyl groups excluding tert-OH is 1. The molecular weight excluding hydrogens is 436 g/mol. The predicted molar refractivity (Wildman–Crippen MR) is 119 cm³/mol. The van der Waals surface area contributed by atoms with Gasteiger partial charge in [-0.25, -0.2) is 4.79 Å². The van der Waals surface area contributed by atoms with Crippen molar-refractivity contribution in [1.82, 2.24) is 16.0 Å². The Morgan fingerprint density at radius 2 is 1.52 bits per heavy atom. The predicted octanol–water partition coefficient (Wildman–Crippen LogP) is -2.71. The van der Waals surface area contributed by atoms with Crippen LogP contribution in [0.4, 0.5) is 0 Å². The fraction of sp³-hybridized carbons (Fsp3) is 0.750. The van der Waals surface area contributed by atoms with Gasteiger partial charge in [0.25, 0.3) is 0 Å². The van der Waals surface area contributed by atoms with Gasteiger partial charge in [-0.15, -0.1) is 0 Å². The molecule has 0 aliphatic rings. The van der Waals surface area contributed by atoms with E-state index in [0.717, 1.165) is 0 Å². The Morgan fingerprint density at radius 3 is 2.00 bits per heavy atom. The zero-order valence-electron chi connectivity index (χ0n) is 19.2. The molecule has 0 saturated heterocycles. The number of aliphatic hydroxyl groups is 1. The van der Waals surface area contributed by atoms with Crippen LogP contribution in [0.5, 0.6) is 0 Å². The zero-order chi connectivity index (χ0) is 25.6. The Hall–Kier alpha value is -2.77. The van der Waals surface area contributed by atoms with Crippen LogP contribution in [0.15, 0.2) is 0 Å². The number of amides is 4. The van der Waals surface area contributed by atoms with Crippen LogP contribution < -0.4 is 33.2 Å². The number of primary amides is 1. The van der Waals surface area contributed by atoms with Crippen molar-refractivity contribution in [2.45, 2.75) is 76.5 Å². The minimum Gasteiger partial charge on any atom is -0.480 e. The first-order chi connectivity index (χ1) is 15.5. The summed E-state index contributed by atoms with van der Waals surface area (Å²) in [6, 6.07) is -4.72. The van der Waals surface area contributed by atoms with Gasteiger partial charge in [0.15, 0.2) is 0 Å². The number of hydrogen-bond acceptors (Lipinski definition) is 8. The number of nitrogens with two attached hydrogens (primary N) is 3. The van der Waals surface area contributed by atoms with Crippen LogP contribution in [0.3, 0.4) is 0 Å². The standard InChI is InChI=1S/C20H38N6O7/c1-3-11(2)16(19(31)25-14(20(32)33)7-8-15(23)28)26-18(30)13(6-4-5-9-21)24-17(29)12(22)10-27/h11-14,16,27H,3-10,21-22H2,1-2H3,(H2,23,28)(H,24,29)(H,25,31)(H,26,30)(H,32,33). The summed E-state index contributed by atoms with van der Waals surface area (Å²) in [6.07, 6.45) is 1.38. The highest BCUT2D eigenvalue weighted by Gasteiger charge is 2.32. The molecule has 0 aliphatic carbocycles. The summed E-state index contributed by atoms with van der Waals surface area (Å²) in [4.78, 5) is 60.3. The highest BCUT2D eigenvalue weighted by atomic mass is 16.4. The van der Waals surface area contributed by atoms with Gasteiger partial charge < -0.3 is 43.4 Å². The van der Waals surface area contributed by atoms with Gasteiger partial charge in [-0.05, 0) is 38.1 Å². The van der Waals surface area contributed by atoms with Gasteiger partial charge in [0, 0.05) is 6.42 Å². The number of carboxylic acids is 1. The van der Waals surface area contributed by atoms with E-state index in [-0.39, 0.29) is 25.2 Å². The van der Waals surface area contributed by atoms with Crippen LogP contribution in [0.1, 0.15) is 52.4 Å². The van der Waals surface area contributed by atoms with Crippen molar-refractivity contribution in [2.75, 3.05) is 13.2 Å². The van der Waals surface area contributed by atoms with Crippen molar-refractivity contribution >= 4 is 29.6 Å². The number of rotatable bonds is 17. The largest absolute Gasteiger partial charge is 0.480 e. The molecule has 0 heterocycles. The van der Waals surface area contributed by atoms with Gasteiger partial charge in [-0.2, -0.15) is 0 Å². The monoisotopic (exact) mass is 474 g/mol. The molecule has 13 heteroatoms. The summed E-state index contributed by atoms with van der Waals surface area (Å²) in [7, 11) is 0. The molecule has 0 fully saturated rings. The molecule has 33 heavy (non-hydrogen) atoms. The number of carbonyl (C=O) groups excluding carboxylic acids is 4. The SMILES string of the molecule is CCC(C)C(NC(=O)C(CCCCN)NC(=O)C(N)CO)C(=O)NC(CCC(N)=O)C(=O)O. The Bertz CT molecular complexity index is 675. The summed E-state index contributed by atoms with van der Waals surface area (Å²) < 4.78 is 0. The van der Waals surface area contributed by atoms with Crippen molar-refractivity contribution in [3.8, 4) is 0 Å². The smallest absolute Gasteiger partial charge is 0.326 e. The van der Waals surface area contributed by atoms with Crippen LogP contribution in [-0.2, 0) is 24.0 Å². The highest BCUT2D eigenvalue weighted by molar-refractivity contribution is 5.94. The average Bonchev–Trinajstić information content (AvgIpc) is 2.77. The summed E-state index contributed by atoms with van der Waals surface area (Å²) in [5.41, 5.74) is 16.0. The second-order valence-electron chi connectivity index (χ2n) is 7.91. The van der Waals surface area contributed by atoms with Gasteiger partial charge in [0.1, 0.15) is 24.2 Å². The van der Waals surface area contributed by atoms with E-state index >= 15 is 0 Å². The number of aliphatic carboxylic acids is 1. The van der Waals surface area contributed by atoms with Gasteiger partial charge in [0.05, 0.1) is 6.61 Å². The van der Waals surface area contributed by atoms with Crippen molar-refractivity contribution in [1.29, 1.82) is 0 Å². The van der Waals surface area contributed by atoms with E-state index in [4.69, 9.17) is 22.3 Å². The molecule has 0 aromatic rings. The van der Waals surface area contributed by atoms with Crippen molar-refractivity contribution in [3.63, 3.8) is 0 Å². The van der Waals surface area contributed by atoms with E-state index in [1.165, 1.54) is 0 Å². The lowest BCUT2D eigenvalue weighted by molar-refractivity contribution is -0.143. The molecule has 0 radical (unpaired) electrons. The third-order valence-corrected chi connectivity index (χ3v) is 5.20. The minimum absolute atomic E-state index is 0.200. The lowest BCUT2D eigenvalue weighted by Gasteiger charge is -2.28. The summed E-state index contributed by atoms with van der Waals surface area (Å²) in [5, 5.41) is 25.8. The van der Waals surface area contributed by atoms with E-state index in [2.05, 4.69) is 16.0 Å². The molecule has 190 valence electrons. The van der Waals surface area contributed by atoms with Gasteiger partial charge in [-0.3, -0.25) is 19.2 Å². The lowest BCUT2D eigenvalue weighted by atomic mass is 9.96. The summed E-state index contributed by atoms with van der Waals surface area (Å²) in [5.74, 6) is -4.56. The molecule has 4 amide bonds. The third-order valence-electron chi connectivity index (χ3n) is 5.20. The number of carboxylic acid groups (broad SMARTS) is 1. The van der Waals surface area contributed by atoms with Crippen LogP contribution in [-0.4, -0.2) is 77.1 Å². The van der Waals surface area contributed by atoms with E-state index in [0.29, 0.717) is 25.8 Å². The second kappa shape index (κ2) is 15.9. The normalized spacial score (nSPS) is 15.4. The highest BCUT2D eigenvalue weighted by Crippen LogP contribution is 2.11. The van der Waals surface area contributed by atoms with Crippen molar-refractivity contribution in [3.05, 3.63) is 0 Å². The van der Waals surface area contributed by atoms with Crippen LogP contribution in [0.2, 0.25) is 0 Å². The first kappa shape index (κ1) is 30.2. The van der Waals surface area contributed by atoms with Crippen molar-refractivity contribution < 1.29 is 34.2 Å². The zero-order valence-corrected chi connectivity index (χ0v) is 19.2. The first-order valence-corrected chi connectivity index (χ1v) is 11.0. The molecular formula is C20H38N6O7. The molecule has 13 nitrogen and oxygen atoms in total. The Balaban J connectivity index is 5.50. The maximum atomic E-state index is 12.9. The van der Waals surface area contributed by atoms with Crippen molar-refractivity contribution in [2.24, 2.45) is 23.1 Å². The fourth-order valence-electron chi connectivity index (χ4n) is 2.88. The van der Waals surface area contributed by atoms with E-state index < -0.39 is 60.4 Å². The van der Waals surface area contributed by atoms with E-state index in [9.17, 15) is 29.1 Å². The second-order valence-corrected chi connectivity index (χ2v) is 7.91. The molecule has 0 bridgehead atoms. The maximum absolute atomic E-state index is 12.9. The Morgan fingerprint density at radius 1 is 0.909 bits per heavy atom. The Labute approximate surface area is 193 Å². The number of hydrogen-bond donors (Lipinski definition) is 8. The first-order valence-electron chi connectivity index (χ1n) is 11.0. The molecule has 11 N–H and O–H groups in total. The van der Waals surface area contributed by atoms with E-state index in [1.54, 1.807) is 13.8 Å². The lowest BCUT2D eigenvalue weighted by Crippen LogP contribution is -2.59. The van der Waals surface area contributed by atoms with Gasteiger partial charge in [-0.1, -0.05) is 20.3 Å². The Kier molecular flexibility index (Phi) is 14.6. The number of nitrogens with one attached hydrogen (secondary N) is 3. The van der Waals surface area contributed by atoms with Gasteiger partial charge >= 0.3 is 5.97 Å². The molecule has 0 rings (SSSR count).